The van der Waals surface area contributed by atoms with Crippen molar-refractivity contribution in [2.45, 2.75) is 23.8 Å². The molecule has 2 aromatic carbocycles. The van der Waals surface area contributed by atoms with Gasteiger partial charge in [0.2, 0.25) is 0 Å². The van der Waals surface area contributed by atoms with Gasteiger partial charge in [-0.25, -0.2) is 0 Å². The van der Waals surface area contributed by atoms with Gasteiger partial charge in [0.15, 0.2) is 26.8 Å². The lowest BCUT2D eigenvalue weighted by molar-refractivity contribution is 0.408. The molecule has 0 spiro atoms. The van der Waals surface area contributed by atoms with Gasteiger partial charge in [0.05, 0.1) is 13.2 Å². The summed E-state index contributed by atoms with van der Waals surface area (Å²) in [7, 11) is -2.10. The van der Waals surface area contributed by atoms with E-state index < -0.39 is 10.4 Å². The van der Waals surface area contributed by atoms with E-state index in [-0.39, 0.29) is 10.9 Å². The Morgan fingerprint density at radius 2 is 1.82 bits per heavy atom. The summed E-state index contributed by atoms with van der Waals surface area (Å²) in [5.41, 5.74) is 1.62. The minimum absolute atomic E-state index is 0.143. The fraction of sp³-hybridized carbons (Fsp3) is 0.261. The van der Waals surface area contributed by atoms with E-state index in [9.17, 15) is 8.76 Å². The lowest BCUT2D eigenvalue weighted by Crippen LogP contribution is -2.47. The number of aromatic nitrogens is 4. The van der Waals surface area contributed by atoms with Crippen LogP contribution in [0, 0.1) is 0 Å². The third-order valence-corrected chi connectivity index (χ3v) is 7.29. The highest BCUT2D eigenvalue weighted by atomic mass is 32.3. The van der Waals surface area contributed by atoms with Crippen molar-refractivity contribution >= 4 is 21.9 Å². The quantitative estimate of drug-likeness (QED) is 0.437. The van der Waals surface area contributed by atoms with Gasteiger partial charge >= 0.3 is 0 Å². The molecule has 0 radical (unpaired) electrons. The van der Waals surface area contributed by atoms with Crippen LogP contribution in [0.2, 0.25) is 0 Å². The maximum absolute atomic E-state index is 12.8. The molecule has 0 amide bonds. The average Bonchev–Trinajstić information content (AvgIpc) is 3.28. The molecule has 1 saturated heterocycles. The predicted octanol–water partition coefficient (Wildman–Crippen LogP) is 2.96. The second kappa shape index (κ2) is 8.89. The van der Waals surface area contributed by atoms with Gasteiger partial charge in [0.25, 0.3) is 0 Å². The average molecular weight is 465 g/mol. The molecule has 4 aromatic rings. The van der Waals surface area contributed by atoms with Crippen LogP contribution in [0.15, 0.2) is 71.6 Å². The summed E-state index contributed by atoms with van der Waals surface area (Å²) in [6.45, 7) is 1.37. The fourth-order valence-electron chi connectivity index (χ4n) is 4.00. The number of anilines is 1. The number of methoxy groups -OCH3 is 1. The van der Waals surface area contributed by atoms with Crippen molar-refractivity contribution in [1.82, 2.24) is 24.5 Å². The molecule has 9 nitrogen and oxygen atoms in total. The van der Waals surface area contributed by atoms with E-state index in [4.69, 9.17) is 9.84 Å². The van der Waals surface area contributed by atoms with Crippen LogP contribution in [0.5, 0.6) is 5.75 Å². The zero-order valence-corrected chi connectivity index (χ0v) is 18.9. The van der Waals surface area contributed by atoms with Gasteiger partial charge < -0.3 is 14.2 Å². The molecule has 0 saturated carbocycles. The second-order valence-electron chi connectivity index (χ2n) is 7.91. The van der Waals surface area contributed by atoms with Gasteiger partial charge in [-0.15, -0.1) is 20.0 Å². The molecule has 0 aliphatic carbocycles. The van der Waals surface area contributed by atoms with E-state index in [1.165, 1.54) is 13.2 Å². The SMILES string of the molecule is COc1cccc([S+](=O)([O-])NC2CCN(c3ccc4nnc(-c5ccccc5)n4n3)CC2)c1. The van der Waals surface area contributed by atoms with E-state index in [1.807, 2.05) is 42.5 Å². The van der Waals surface area contributed by atoms with Gasteiger partial charge in [0.1, 0.15) is 11.6 Å². The Balaban J connectivity index is 1.28. The van der Waals surface area contributed by atoms with E-state index in [2.05, 4.69) is 19.8 Å². The Morgan fingerprint density at radius 1 is 1.03 bits per heavy atom. The zero-order chi connectivity index (χ0) is 22.8. The number of nitrogens with one attached hydrogen (secondary N) is 1. The molecule has 2 aromatic heterocycles. The first-order valence-electron chi connectivity index (χ1n) is 10.7. The number of hydrogen-bond donors (Lipinski definition) is 1. The molecule has 0 bridgehead atoms. The van der Waals surface area contributed by atoms with E-state index in [0.717, 1.165) is 11.4 Å². The summed E-state index contributed by atoms with van der Waals surface area (Å²) in [6.07, 6.45) is 1.35. The molecule has 1 N–H and O–H groups in total. The summed E-state index contributed by atoms with van der Waals surface area (Å²) in [4.78, 5) is 2.36. The molecule has 1 aliphatic heterocycles. The summed E-state index contributed by atoms with van der Waals surface area (Å²) < 4.78 is 35.3. The monoisotopic (exact) mass is 464 g/mol. The maximum atomic E-state index is 12.8. The van der Waals surface area contributed by atoms with Gasteiger partial charge in [-0.3, -0.25) is 0 Å². The lowest BCUT2D eigenvalue weighted by atomic mass is 10.1. The summed E-state index contributed by atoms with van der Waals surface area (Å²) in [5, 5.41) is 13.3. The highest BCUT2D eigenvalue weighted by molar-refractivity contribution is 7.95. The highest BCUT2D eigenvalue weighted by Crippen LogP contribution is 2.24. The van der Waals surface area contributed by atoms with E-state index in [1.54, 1.807) is 22.7 Å². The first kappa shape index (κ1) is 21.5. The van der Waals surface area contributed by atoms with Crippen LogP contribution in [0.1, 0.15) is 12.8 Å². The Hall–Kier alpha value is -3.34. The standard InChI is InChI=1S/C23H24N6O3S/c1-32-19-8-5-9-20(16-19)33(30,31)27-18-12-14-28(15-13-18)22-11-10-21-24-25-23(29(21)26-22)17-6-3-2-4-7-17/h2-11,16,18H,12-15H2,1H3,(H-,27,30,31). The Bertz CT molecular complexity index is 1300. The first-order valence-corrected chi connectivity index (χ1v) is 12.2. The van der Waals surface area contributed by atoms with Crippen molar-refractivity contribution in [2.24, 2.45) is 0 Å². The highest BCUT2D eigenvalue weighted by Gasteiger charge is 2.29. The number of rotatable bonds is 6. The van der Waals surface area contributed by atoms with Crippen LogP contribution >= 0.6 is 0 Å². The molecule has 33 heavy (non-hydrogen) atoms. The van der Waals surface area contributed by atoms with Gasteiger partial charge in [-0.2, -0.15) is 4.52 Å². The minimum atomic E-state index is -3.62. The predicted molar refractivity (Wildman–Crippen MR) is 125 cm³/mol. The van der Waals surface area contributed by atoms with Crippen LogP contribution < -0.4 is 14.4 Å². The molecule has 10 heteroatoms. The number of hydrogen-bond acceptors (Lipinski definition) is 7. The molecule has 1 aliphatic rings. The van der Waals surface area contributed by atoms with Crippen molar-refractivity contribution in [2.75, 3.05) is 25.1 Å². The van der Waals surface area contributed by atoms with E-state index >= 15 is 0 Å². The summed E-state index contributed by atoms with van der Waals surface area (Å²) in [6, 6.07) is 20.0. The molecule has 3 heterocycles. The van der Waals surface area contributed by atoms with Crippen molar-refractivity contribution in [3.8, 4) is 17.1 Å². The molecule has 1 fully saturated rings. The number of fused-ring (bicyclic) bond motifs is 1. The topological polar surface area (TPSA) is 108 Å². The molecular weight excluding hydrogens is 440 g/mol. The van der Waals surface area contributed by atoms with E-state index in [0.29, 0.717) is 43.2 Å². The minimum Gasteiger partial charge on any atom is -0.593 e. The number of ether oxygens (including phenoxy) is 1. The van der Waals surface area contributed by atoms with Crippen LogP contribution in [0.3, 0.4) is 0 Å². The normalized spacial score (nSPS) is 16.6. The fourth-order valence-corrected chi connectivity index (χ4v) is 5.34. The second-order valence-corrected chi connectivity index (χ2v) is 9.63. The Kier molecular flexibility index (Phi) is 5.79. The first-order chi connectivity index (χ1) is 16.0. The van der Waals surface area contributed by atoms with Crippen LogP contribution in [-0.2, 0) is 14.6 Å². The molecule has 170 valence electrons. The van der Waals surface area contributed by atoms with Gasteiger partial charge in [-0.1, -0.05) is 40.6 Å². The zero-order valence-electron chi connectivity index (χ0n) is 18.1. The van der Waals surface area contributed by atoms with Crippen LogP contribution in [0.25, 0.3) is 17.0 Å². The van der Waals surface area contributed by atoms with Crippen molar-refractivity contribution in [3.05, 3.63) is 66.7 Å². The molecule has 1 unspecified atom stereocenters. The Morgan fingerprint density at radius 3 is 2.58 bits per heavy atom. The summed E-state index contributed by atoms with van der Waals surface area (Å²) in [5.74, 6) is 2.01. The van der Waals surface area contributed by atoms with Crippen molar-refractivity contribution < 1.29 is 13.5 Å². The summed E-state index contributed by atoms with van der Waals surface area (Å²) >= 11 is 0. The van der Waals surface area contributed by atoms with Crippen molar-refractivity contribution in [1.29, 1.82) is 0 Å². The smallest absolute Gasteiger partial charge is 0.185 e. The molecule has 5 rings (SSSR count). The van der Waals surface area contributed by atoms with Crippen LogP contribution in [-0.4, -0.2) is 50.6 Å². The maximum Gasteiger partial charge on any atom is 0.185 e. The third-order valence-electron chi connectivity index (χ3n) is 5.77. The number of nitrogens with zero attached hydrogens (tertiary/aromatic N) is 5. The number of piperidine rings is 1. The van der Waals surface area contributed by atoms with Crippen LogP contribution in [0.4, 0.5) is 5.82 Å². The van der Waals surface area contributed by atoms with Gasteiger partial charge in [0, 0.05) is 24.7 Å². The number of benzene rings is 2. The largest absolute Gasteiger partial charge is 0.593 e. The molecular formula is C23H24N6O3S. The van der Waals surface area contributed by atoms with Gasteiger partial charge in [-0.05, 0) is 37.1 Å². The third kappa shape index (κ3) is 4.45. The van der Waals surface area contributed by atoms with Crippen molar-refractivity contribution in [3.63, 3.8) is 0 Å². The number of sulfonamides is 1. The Labute approximate surface area is 192 Å². The lowest BCUT2D eigenvalue weighted by Gasteiger charge is -2.33. The molecule has 1 atom stereocenters.